The van der Waals surface area contributed by atoms with Crippen molar-refractivity contribution in [3.63, 3.8) is 0 Å². The van der Waals surface area contributed by atoms with Gasteiger partial charge in [-0.15, -0.1) is 0 Å². The van der Waals surface area contributed by atoms with Gasteiger partial charge in [-0.1, -0.05) is 42.8 Å². The van der Waals surface area contributed by atoms with E-state index in [1.807, 2.05) is 24.3 Å². The molecular formula is C28H28O6. The Morgan fingerprint density at radius 3 is 1.91 bits per heavy atom. The summed E-state index contributed by atoms with van der Waals surface area (Å²) in [6.07, 6.45) is 3.22. The van der Waals surface area contributed by atoms with Crippen LogP contribution in [-0.4, -0.2) is 32.3 Å². The molecule has 176 valence electrons. The van der Waals surface area contributed by atoms with Gasteiger partial charge in [-0.05, 0) is 49.6 Å². The Morgan fingerprint density at radius 2 is 1.29 bits per heavy atom. The molecule has 0 heterocycles. The third-order valence-corrected chi connectivity index (χ3v) is 6.10. The first-order chi connectivity index (χ1) is 16.6. The topological polar surface area (TPSA) is 71.1 Å². The Kier molecular flexibility index (Phi) is 7.48. The molecule has 2 atom stereocenters. The number of rotatable bonds is 7. The third kappa shape index (κ3) is 5.22. The Morgan fingerprint density at radius 1 is 0.706 bits per heavy atom. The van der Waals surface area contributed by atoms with E-state index in [4.69, 9.17) is 18.9 Å². The van der Waals surface area contributed by atoms with E-state index >= 15 is 0 Å². The lowest BCUT2D eigenvalue weighted by atomic mass is 9.81. The summed E-state index contributed by atoms with van der Waals surface area (Å²) in [7, 11) is 3.10. The maximum atomic E-state index is 12.8. The van der Waals surface area contributed by atoms with Crippen molar-refractivity contribution in [1.29, 1.82) is 0 Å². The molecule has 0 bridgehead atoms. The lowest BCUT2D eigenvalue weighted by molar-refractivity contribution is 0.0139. The standard InChI is InChI=1S/C28H28O6/c1-31-24-18-25(32-2)26(34-28(30)20-13-7-4-8-14-20)17-22(24)21-15-9-10-16-23(21)33-27(29)19-11-5-3-6-12-19/h3-8,11-14,17-18,21,23H,9-10,15-16H2,1-2H3. The van der Waals surface area contributed by atoms with Crippen LogP contribution in [0.5, 0.6) is 17.2 Å². The van der Waals surface area contributed by atoms with Gasteiger partial charge < -0.3 is 18.9 Å². The first kappa shape index (κ1) is 23.4. The van der Waals surface area contributed by atoms with Crippen molar-refractivity contribution in [2.24, 2.45) is 0 Å². The number of ether oxygens (including phenoxy) is 4. The fourth-order valence-corrected chi connectivity index (χ4v) is 4.37. The van der Waals surface area contributed by atoms with Gasteiger partial charge in [-0.2, -0.15) is 0 Å². The fourth-order valence-electron chi connectivity index (χ4n) is 4.37. The zero-order valence-electron chi connectivity index (χ0n) is 19.4. The van der Waals surface area contributed by atoms with Crippen molar-refractivity contribution >= 4 is 11.9 Å². The van der Waals surface area contributed by atoms with E-state index in [-0.39, 0.29) is 18.0 Å². The zero-order chi connectivity index (χ0) is 23.9. The summed E-state index contributed by atoms with van der Waals surface area (Å²) in [5, 5.41) is 0. The minimum absolute atomic E-state index is 0.101. The van der Waals surface area contributed by atoms with Crippen molar-refractivity contribution in [2.75, 3.05) is 14.2 Å². The molecule has 0 spiro atoms. The molecule has 6 heteroatoms. The first-order valence-electron chi connectivity index (χ1n) is 11.4. The van der Waals surface area contributed by atoms with Gasteiger partial charge in [0.05, 0.1) is 25.3 Å². The fraction of sp³-hybridized carbons (Fsp3) is 0.286. The molecule has 0 saturated heterocycles. The van der Waals surface area contributed by atoms with Crippen LogP contribution < -0.4 is 14.2 Å². The molecule has 4 rings (SSSR count). The molecule has 1 aliphatic rings. The Balaban J connectivity index is 1.64. The predicted molar refractivity (Wildman–Crippen MR) is 128 cm³/mol. The molecule has 1 saturated carbocycles. The van der Waals surface area contributed by atoms with E-state index in [9.17, 15) is 9.59 Å². The summed E-state index contributed by atoms with van der Waals surface area (Å²) in [6, 6.07) is 21.3. The number of carbonyl (C=O) groups excluding carboxylic acids is 2. The molecule has 1 aliphatic carbocycles. The van der Waals surface area contributed by atoms with Gasteiger partial charge in [0.2, 0.25) is 0 Å². The number of methoxy groups -OCH3 is 2. The maximum absolute atomic E-state index is 12.8. The van der Waals surface area contributed by atoms with Crippen LogP contribution in [0.3, 0.4) is 0 Å². The molecule has 0 N–H and O–H groups in total. The quantitative estimate of drug-likeness (QED) is 0.328. The Hall–Kier alpha value is -3.80. The minimum atomic E-state index is -0.481. The molecule has 6 nitrogen and oxygen atoms in total. The highest BCUT2D eigenvalue weighted by atomic mass is 16.6. The summed E-state index contributed by atoms with van der Waals surface area (Å²) in [6.45, 7) is 0. The van der Waals surface area contributed by atoms with Gasteiger partial charge in [0, 0.05) is 17.5 Å². The van der Waals surface area contributed by atoms with Gasteiger partial charge in [-0.3, -0.25) is 0 Å². The summed E-state index contributed by atoms with van der Waals surface area (Å²) >= 11 is 0. The van der Waals surface area contributed by atoms with Crippen LogP contribution in [0.4, 0.5) is 0 Å². The number of carbonyl (C=O) groups is 2. The van der Waals surface area contributed by atoms with Crippen LogP contribution in [0.15, 0.2) is 72.8 Å². The van der Waals surface area contributed by atoms with E-state index in [2.05, 4.69) is 0 Å². The summed E-state index contributed by atoms with van der Waals surface area (Å²) in [5.41, 5.74) is 1.78. The van der Waals surface area contributed by atoms with Crippen molar-refractivity contribution in [3.05, 3.63) is 89.5 Å². The van der Waals surface area contributed by atoms with Gasteiger partial charge in [0.25, 0.3) is 0 Å². The summed E-state index contributed by atoms with van der Waals surface area (Å²) in [4.78, 5) is 25.5. The molecule has 0 amide bonds. The van der Waals surface area contributed by atoms with Crippen molar-refractivity contribution in [3.8, 4) is 17.2 Å². The molecule has 2 unspecified atom stereocenters. The monoisotopic (exact) mass is 460 g/mol. The summed E-state index contributed by atoms with van der Waals surface area (Å²) in [5.74, 6) is 0.358. The second-order valence-corrected chi connectivity index (χ2v) is 8.20. The lowest BCUT2D eigenvalue weighted by Crippen LogP contribution is -2.29. The Labute approximate surface area is 199 Å². The molecule has 1 fully saturated rings. The number of benzene rings is 3. The van der Waals surface area contributed by atoms with E-state index in [1.54, 1.807) is 55.6 Å². The highest BCUT2D eigenvalue weighted by molar-refractivity contribution is 5.91. The van der Waals surface area contributed by atoms with Crippen LogP contribution in [0, 0.1) is 0 Å². The second-order valence-electron chi connectivity index (χ2n) is 8.20. The number of hydrogen-bond acceptors (Lipinski definition) is 6. The molecule has 3 aromatic rings. The number of esters is 2. The first-order valence-corrected chi connectivity index (χ1v) is 11.4. The maximum Gasteiger partial charge on any atom is 0.343 e. The molecule has 3 aromatic carbocycles. The van der Waals surface area contributed by atoms with Crippen LogP contribution in [-0.2, 0) is 4.74 Å². The largest absolute Gasteiger partial charge is 0.496 e. The average Bonchev–Trinajstić information content (AvgIpc) is 2.89. The second kappa shape index (κ2) is 10.9. The lowest BCUT2D eigenvalue weighted by Gasteiger charge is -2.32. The number of hydrogen-bond donors (Lipinski definition) is 0. The Bertz CT molecular complexity index is 1130. The van der Waals surface area contributed by atoms with E-state index in [1.165, 1.54) is 7.11 Å². The van der Waals surface area contributed by atoms with Crippen LogP contribution in [0.25, 0.3) is 0 Å². The molecular weight excluding hydrogens is 432 g/mol. The van der Waals surface area contributed by atoms with Crippen LogP contribution in [0.1, 0.15) is 57.9 Å². The normalized spacial score (nSPS) is 17.5. The van der Waals surface area contributed by atoms with E-state index < -0.39 is 5.97 Å². The van der Waals surface area contributed by atoms with Gasteiger partial charge in [-0.25, -0.2) is 9.59 Å². The van der Waals surface area contributed by atoms with Gasteiger partial charge in [0.1, 0.15) is 11.9 Å². The molecule has 34 heavy (non-hydrogen) atoms. The van der Waals surface area contributed by atoms with Crippen LogP contribution >= 0.6 is 0 Å². The third-order valence-electron chi connectivity index (χ3n) is 6.10. The molecule has 0 aliphatic heterocycles. The molecule has 0 radical (unpaired) electrons. The molecule has 0 aromatic heterocycles. The van der Waals surface area contributed by atoms with E-state index in [0.29, 0.717) is 28.4 Å². The smallest absolute Gasteiger partial charge is 0.343 e. The summed E-state index contributed by atoms with van der Waals surface area (Å²) < 4.78 is 22.8. The van der Waals surface area contributed by atoms with Crippen molar-refractivity contribution in [1.82, 2.24) is 0 Å². The minimum Gasteiger partial charge on any atom is -0.496 e. The van der Waals surface area contributed by atoms with Gasteiger partial charge >= 0.3 is 11.9 Å². The highest BCUT2D eigenvalue weighted by Crippen LogP contribution is 2.44. The predicted octanol–water partition coefficient (Wildman–Crippen LogP) is 5.81. The van der Waals surface area contributed by atoms with Gasteiger partial charge in [0.15, 0.2) is 11.5 Å². The highest BCUT2D eigenvalue weighted by Gasteiger charge is 2.33. The van der Waals surface area contributed by atoms with Crippen molar-refractivity contribution < 1.29 is 28.5 Å². The van der Waals surface area contributed by atoms with E-state index in [0.717, 1.165) is 31.2 Å². The SMILES string of the molecule is COc1cc(OC)c(C2CCCCC2OC(=O)c2ccccc2)cc1OC(=O)c1ccccc1. The zero-order valence-corrected chi connectivity index (χ0v) is 19.4. The van der Waals surface area contributed by atoms with Crippen LogP contribution in [0.2, 0.25) is 0 Å². The van der Waals surface area contributed by atoms with Crippen molar-refractivity contribution in [2.45, 2.75) is 37.7 Å². The average molecular weight is 461 g/mol.